The van der Waals surface area contributed by atoms with Crippen molar-refractivity contribution >= 4 is 12.4 Å². The summed E-state index contributed by atoms with van der Waals surface area (Å²) in [6.45, 7) is 7.27. The first-order valence-corrected chi connectivity index (χ1v) is 6.14. The standard InChI is InChI=1S/C13H23NO3/c1-12(2,3)17-11(16)14(5)13(4,9-15)10-7-6-8-10/h9-10H,6-8H2,1-5H3. The third kappa shape index (κ3) is 2.99. The Labute approximate surface area is 103 Å². The second-order valence-corrected chi connectivity index (χ2v) is 6.01. The molecule has 0 heterocycles. The second-order valence-electron chi connectivity index (χ2n) is 6.01. The summed E-state index contributed by atoms with van der Waals surface area (Å²) in [5.74, 6) is 0.262. The minimum absolute atomic E-state index is 0.262. The zero-order valence-electron chi connectivity index (χ0n) is 11.4. The van der Waals surface area contributed by atoms with Crippen molar-refractivity contribution in [3.63, 3.8) is 0 Å². The van der Waals surface area contributed by atoms with Gasteiger partial charge in [0.05, 0.1) is 0 Å². The van der Waals surface area contributed by atoms with Gasteiger partial charge in [0.2, 0.25) is 0 Å². The highest BCUT2D eigenvalue weighted by Gasteiger charge is 2.44. The average Bonchev–Trinajstić information content (AvgIpc) is 2.10. The van der Waals surface area contributed by atoms with Gasteiger partial charge in [-0.05, 0) is 46.5 Å². The smallest absolute Gasteiger partial charge is 0.410 e. The highest BCUT2D eigenvalue weighted by atomic mass is 16.6. The molecule has 0 radical (unpaired) electrons. The largest absolute Gasteiger partial charge is 0.444 e. The van der Waals surface area contributed by atoms with Gasteiger partial charge in [0, 0.05) is 7.05 Å². The fourth-order valence-electron chi connectivity index (χ4n) is 1.97. The molecule has 0 N–H and O–H groups in total. The van der Waals surface area contributed by atoms with Crippen LogP contribution in [0.1, 0.15) is 47.0 Å². The van der Waals surface area contributed by atoms with E-state index in [2.05, 4.69) is 0 Å². The number of rotatable bonds is 3. The predicted molar refractivity (Wildman–Crippen MR) is 65.8 cm³/mol. The van der Waals surface area contributed by atoms with Crippen molar-refractivity contribution in [3.05, 3.63) is 0 Å². The maximum atomic E-state index is 12.0. The first kappa shape index (κ1) is 14.0. The number of carbonyl (C=O) groups is 2. The molecule has 0 aliphatic heterocycles. The van der Waals surface area contributed by atoms with Crippen LogP contribution in [0.2, 0.25) is 0 Å². The molecule has 0 bridgehead atoms. The first-order chi connectivity index (χ1) is 7.70. The lowest BCUT2D eigenvalue weighted by Gasteiger charge is -2.44. The normalized spacial score (nSPS) is 20.1. The van der Waals surface area contributed by atoms with Gasteiger partial charge in [0.1, 0.15) is 17.4 Å². The van der Waals surface area contributed by atoms with Crippen molar-refractivity contribution in [2.75, 3.05) is 7.05 Å². The molecule has 1 rings (SSSR count). The van der Waals surface area contributed by atoms with Gasteiger partial charge in [0.25, 0.3) is 0 Å². The highest BCUT2D eigenvalue weighted by Crippen LogP contribution is 2.38. The maximum Gasteiger partial charge on any atom is 0.410 e. The third-order valence-electron chi connectivity index (χ3n) is 3.56. The Bertz CT molecular complexity index is 304. The van der Waals surface area contributed by atoms with Crippen molar-refractivity contribution in [3.8, 4) is 0 Å². The highest BCUT2D eigenvalue weighted by molar-refractivity contribution is 5.76. The van der Waals surface area contributed by atoms with E-state index in [1.165, 1.54) is 4.90 Å². The Balaban J connectivity index is 2.75. The Morgan fingerprint density at radius 1 is 1.29 bits per heavy atom. The number of hydrogen-bond acceptors (Lipinski definition) is 3. The molecule has 1 saturated carbocycles. The summed E-state index contributed by atoms with van der Waals surface area (Å²) in [5, 5.41) is 0. The van der Waals surface area contributed by atoms with Crippen molar-refractivity contribution in [2.24, 2.45) is 5.92 Å². The number of nitrogens with zero attached hydrogens (tertiary/aromatic N) is 1. The molecule has 4 nitrogen and oxygen atoms in total. The van der Waals surface area contributed by atoms with E-state index in [0.29, 0.717) is 0 Å². The van der Waals surface area contributed by atoms with Gasteiger partial charge in [-0.15, -0.1) is 0 Å². The van der Waals surface area contributed by atoms with Crippen LogP contribution in [-0.4, -0.2) is 35.5 Å². The number of aldehydes is 1. The molecule has 1 aliphatic rings. The van der Waals surface area contributed by atoms with Gasteiger partial charge in [0.15, 0.2) is 0 Å². The van der Waals surface area contributed by atoms with Crippen LogP contribution in [0.3, 0.4) is 0 Å². The minimum Gasteiger partial charge on any atom is -0.444 e. The number of ether oxygens (including phenoxy) is 1. The van der Waals surface area contributed by atoms with Crippen LogP contribution < -0.4 is 0 Å². The lowest BCUT2D eigenvalue weighted by atomic mass is 9.71. The van der Waals surface area contributed by atoms with Crippen LogP contribution in [-0.2, 0) is 9.53 Å². The van der Waals surface area contributed by atoms with Crippen molar-refractivity contribution in [1.82, 2.24) is 4.90 Å². The van der Waals surface area contributed by atoms with E-state index in [9.17, 15) is 9.59 Å². The molecule has 98 valence electrons. The average molecular weight is 241 g/mol. The van der Waals surface area contributed by atoms with Crippen LogP contribution >= 0.6 is 0 Å². The number of carbonyl (C=O) groups excluding carboxylic acids is 2. The van der Waals surface area contributed by atoms with Gasteiger partial charge in [-0.2, -0.15) is 0 Å². The summed E-state index contributed by atoms with van der Waals surface area (Å²) in [5.41, 5.74) is -1.27. The fourth-order valence-corrected chi connectivity index (χ4v) is 1.97. The van der Waals surface area contributed by atoms with E-state index in [-0.39, 0.29) is 5.92 Å². The van der Waals surface area contributed by atoms with Crippen molar-refractivity contribution in [1.29, 1.82) is 0 Å². The van der Waals surface area contributed by atoms with Gasteiger partial charge in [-0.3, -0.25) is 4.90 Å². The fraction of sp³-hybridized carbons (Fsp3) is 0.846. The van der Waals surface area contributed by atoms with Gasteiger partial charge >= 0.3 is 6.09 Å². The summed E-state index contributed by atoms with van der Waals surface area (Å²) in [7, 11) is 1.64. The summed E-state index contributed by atoms with van der Waals surface area (Å²) in [4.78, 5) is 24.7. The quantitative estimate of drug-likeness (QED) is 0.713. The molecule has 0 aromatic heterocycles. The Kier molecular flexibility index (Phi) is 3.84. The monoisotopic (exact) mass is 241 g/mol. The van der Waals surface area contributed by atoms with E-state index in [1.807, 2.05) is 27.7 Å². The Hall–Kier alpha value is -1.06. The molecule has 0 aromatic carbocycles. The molecule has 0 spiro atoms. The first-order valence-electron chi connectivity index (χ1n) is 6.14. The lowest BCUT2D eigenvalue weighted by molar-refractivity contribution is -0.122. The molecular weight excluding hydrogens is 218 g/mol. The molecular formula is C13H23NO3. The van der Waals surface area contributed by atoms with Gasteiger partial charge in [-0.25, -0.2) is 4.79 Å². The van der Waals surface area contributed by atoms with E-state index in [0.717, 1.165) is 25.5 Å². The topological polar surface area (TPSA) is 46.6 Å². The van der Waals surface area contributed by atoms with Crippen molar-refractivity contribution in [2.45, 2.75) is 58.1 Å². The van der Waals surface area contributed by atoms with E-state index >= 15 is 0 Å². The number of likely N-dealkylation sites (N-methyl/N-ethyl adjacent to an activating group) is 1. The number of hydrogen-bond donors (Lipinski definition) is 0. The Morgan fingerprint density at radius 2 is 1.82 bits per heavy atom. The van der Waals surface area contributed by atoms with Crippen LogP contribution in [0.15, 0.2) is 0 Å². The summed E-state index contributed by atoms with van der Waals surface area (Å²) >= 11 is 0. The summed E-state index contributed by atoms with van der Waals surface area (Å²) < 4.78 is 5.29. The molecule has 1 aliphatic carbocycles. The minimum atomic E-state index is -0.736. The molecule has 1 fully saturated rings. The number of amides is 1. The predicted octanol–water partition coefficient (Wildman–Crippen LogP) is 2.61. The third-order valence-corrected chi connectivity index (χ3v) is 3.56. The molecule has 1 atom stereocenters. The van der Waals surface area contributed by atoms with E-state index in [4.69, 9.17) is 4.74 Å². The van der Waals surface area contributed by atoms with Crippen LogP contribution in [0, 0.1) is 5.92 Å². The molecule has 0 aromatic rings. The van der Waals surface area contributed by atoms with E-state index < -0.39 is 17.2 Å². The molecule has 4 heteroatoms. The summed E-state index contributed by atoms with van der Waals surface area (Å²) in [6.07, 6.45) is 3.58. The van der Waals surface area contributed by atoms with Crippen LogP contribution in [0.4, 0.5) is 4.79 Å². The van der Waals surface area contributed by atoms with Crippen molar-refractivity contribution < 1.29 is 14.3 Å². The zero-order valence-corrected chi connectivity index (χ0v) is 11.4. The second kappa shape index (κ2) is 4.67. The summed E-state index contributed by atoms with van der Waals surface area (Å²) in [6, 6.07) is 0. The molecule has 17 heavy (non-hydrogen) atoms. The Morgan fingerprint density at radius 3 is 2.12 bits per heavy atom. The van der Waals surface area contributed by atoms with Crippen LogP contribution in [0.25, 0.3) is 0 Å². The van der Waals surface area contributed by atoms with Crippen LogP contribution in [0.5, 0.6) is 0 Å². The van der Waals surface area contributed by atoms with E-state index in [1.54, 1.807) is 7.05 Å². The SMILES string of the molecule is CN(C(=O)OC(C)(C)C)C(C)(C=O)C1CCC1. The molecule has 1 amide bonds. The maximum absolute atomic E-state index is 12.0. The van der Waals surface area contributed by atoms with Gasteiger partial charge in [-0.1, -0.05) is 6.42 Å². The molecule has 1 unspecified atom stereocenters. The lowest BCUT2D eigenvalue weighted by Crippen LogP contribution is -2.56. The van der Waals surface area contributed by atoms with Gasteiger partial charge < -0.3 is 9.53 Å². The molecule has 0 saturated heterocycles. The zero-order chi connectivity index (χ0) is 13.3.